The maximum Gasteiger partial charge on any atom is 0.415 e. The smallest absolute Gasteiger partial charge is 0.415 e. The molecule has 0 radical (unpaired) electrons. The minimum absolute atomic E-state index is 0.0451. The molecule has 9 nitrogen and oxygen atoms in total. The Morgan fingerprint density at radius 2 is 2.12 bits per heavy atom. The summed E-state index contributed by atoms with van der Waals surface area (Å²) in [5, 5.41) is 6.86. The number of hydrogen-bond acceptors (Lipinski definition) is 8. The zero-order valence-corrected chi connectivity index (χ0v) is 14.1. The highest BCUT2D eigenvalue weighted by Gasteiger charge is 2.37. The highest BCUT2D eigenvalue weighted by Crippen LogP contribution is 2.26. The lowest BCUT2D eigenvalue weighted by atomic mass is 10.0. The molecule has 1 fully saturated rings. The monoisotopic (exact) mass is 332 g/mol. The number of anilines is 2. The SMILES string of the molecule is Cc1noc([C@@H](C)Nc2nccc(N3C(=O)OCC3C(C)C)n2)n1. The molecule has 0 aromatic carbocycles. The molecule has 0 aliphatic carbocycles. The summed E-state index contributed by atoms with van der Waals surface area (Å²) in [6.07, 6.45) is 1.21. The number of nitrogens with zero attached hydrogens (tertiary/aromatic N) is 5. The van der Waals surface area contributed by atoms with Crippen LogP contribution in [-0.2, 0) is 4.74 Å². The van der Waals surface area contributed by atoms with Crippen molar-refractivity contribution in [3.8, 4) is 0 Å². The summed E-state index contributed by atoms with van der Waals surface area (Å²) in [5.41, 5.74) is 0. The van der Waals surface area contributed by atoms with Crippen molar-refractivity contribution < 1.29 is 14.1 Å². The molecular weight excluding hydrogens is 312 g/mol. The van der Waals surface area contributed by atoms with Gasteiger partial charge in [0.25, 0.3) is 0 Å². The van der Waals surface area contributed by atoms with Gasteiger partial charge in [0, 0.05) is 6.20 Å². The van der Waals surface area contributed by atoms with Gasteiger partial charge in [0.05, 0.1) is 6.04 Å². The standard InChI is InChI=1S/C15H20N6O3/c1-8(2)11-7-23-15(22)21(11)12-5-6-16-14(19-12)17-9(3)13-18-10(4)20-24-13/h5-6,8-9,11H,7H2,1-4H3,(H,16,17,19)/t9-,11?/m1/s1. The van der Waals surface area contributed by atoms with Gasteiger partial charge in [-0.15, -0.1) is 0 Å². The number of aryl methyl sites for hydroxylation is 1. The molecule has 24 heavy (non-hydrogen) atoms. The Labute approximate surface area is 139 Å². The lowest BCUT2D eigenvalue weighted by molar-refractivity contribution is 0.177. The topological polar surface area (TPSA) is 106 Å². The molecule has 128 valence electrons. The fourth-order valence-corrected chi connectivity index (χ4v) is 2.49. The van der Waals surface area contributed by atoms with Crippen molar-refractivity contribution in [3.63, 3.8) is 0 Å². The Hall–Kier alpha value is -2.71. The van der Waals surface area contributed by atoms with E-state index >= 15 is 0 Å². The van der Waals surface area contributed by atoms with Crippen LogP contribution in [0.3, 0.4) is 0 Å². The van der Waals surface area contributed by atoms with E-state index in [1.807, 2.05) is 20.8 Å². The first-order chi connectivity index (χ1) is 11.5. The van der Waals surface area contributed by atoms with Crippen molar-refractivity contribution >= 4 is 17.9 Å². The Balaban J connectivity index is 1.80. The van der Waals surface area contributed by atoms with Crippen LogP contribution in [-0.4, -0.2) is 38.9 Å². The first-order valence-corrected chi connectivity index (χ1v) is 7.81. The third-order valence-corrected chi connectivity index (χ3v) is 3.82. The van der Waals surface area contributed by atoms with E-state index in [1.165, 1.54) is 0 Å². The van der Waals surface area contributed by atoms with E-state index in [4.69, 9.17) is 9.26 Å². The molecule has 1 amide bonds. The van der Waals surface area contributed by atoms with Crippen LogP contribution in [0.15, 0.2) is 16.8 Å². The van der Waals surface area contributed by atoms with Crippen molar-refractivity contribution in [2.45, 2.75) is 39.8 Å². The molecule has 1 aliphatic heterocycles. The first kappa shape index (κ1) is 16.2. The molecule has 0 saturated carbocycles. The molecule has 2 atom stereocenters. The Morgan fingerprint density at radius 3 is 2.79 bits per heavy atom. The van der Waals surface area contributed by atoms with Gasteiger partial charge in [0.1, 0.15) is 18.5 Å². The number of cyclic esters (lactones) is 1. The van der Waals surface area contributed by atoms with Crippen LogP contribution in [0.5, 0.6) is 0 Å². The molecule has 2 aromatic rings. The highest BCUT2D eigenvalue weighted by atomic mass is 16.6. The summed E-state index contributed by atoms with van der Waals surface area (Å²) in [5.74, 6) is 2.14. The highest BCUT2D eigenvalue weighted by molar-refractivity contribution is 5.89. The summed E-state index contributed by atoms with van der Waals surface area (Å²) < 4.78 is 10.3. The second-order valence-corrected chi connectivity index (χ2v) is 6.04. The molecule has 0 bridgehead atoms. The van der Waals surface area contributed by atoms with Crippen LogP contribution < -0.4 is 10.2 Å². The van der Waals surface area contributed by atoms with Crippen molar-refractivity contribution in [2.75, 3.05) is 16.8 Å². The van der Waals surface area contributed by atoms with Crippen molar-refractivity contribution in [1.29, 1.82) is 0 Å². The van der Waals surface area contributed by atoms with Gasteiger partial charge in [-0.3, -0.25) is 4.90 Å². The van der Waals surface area contributed by atoms with E-state index in [0.29, 0.717) is 30.1 Å². The number of hydrogen-bond donors (Lipinski definition) is 1. The van der Waals surface area contributed by atoms with Crippen LogP contribution >= 0.6 is 0 Å². The van der Waals surface area contributed by atoms with E-state index in [9.17, 15) is 4.79 Å². The average molecular weight is 332 g/mol. The number of ether oxygens (including phenoxy) is 1. The molecule has 9 heteroatoms. The normalized spacial score (nSPS) is 18.8. The number of carbonyl (C=O) groups excluding carboxylic acids is 1. The minimum atomic E-state index is -0.390. The maximum atomic E-state index is 12.0. The van der Waals surface area contributed by atoms with Crippen LogP contribution in [0.2, 0.25) is 0 Å². The molecule has 1 aliphatic rings. The Morgan fingerprint density at radius 1 is 1.33 bits per heavy atom. The molecule has 1 unspecified atom stereocenters. The van der Waals surface area contributed by atoms with Gasteiger partial charge >= 0.3 is 6.09 Å². The van der Waals surface area contributed by atoms with E-state index in [-0.39, 0.29) is 24.1 Å². The zero-order valence-electron chi connectivity index (χ0n) is 14.1. The molecular formula is C15H20N6O3. The largest absolute Gasteiger partial charge is 0.447 e. The third-order valence-electron chi connectivity index (χ3n) is 3.82. The summed E-state index contributed by atoms with van der Waals surface area (Å²) in [6.45, 7) is 8.06. The summed E-state index contributed by atoms with van der Waals surface area (Å²) in [4.78, 5) is 26.4. The minimum Gasteiger partial charge on any atom is -0.447 e. The number of amides is 1. The van der Waals surface area contributed by atoms with Crippen molar-refractivity contribution in [3.05, 3.63) is 24.0 Å². The third kappa shape index (κ3) is 3.15. The maximum absolute atomic E-state index is 12.0. The van der Waals surface area contributed by atoms with Gasteiger partial charge in [-0.05, 0) is 25.8 Å². The van der Waals surface area contributed by atoms with Crippen LogP contribution in [0.25, 0.3) is 0 Å². The summed E-state index contributed by atoms with van der Waals surface area (Å²) >= 11 is 0. The van der Waals surface area contributed by atoms with Crippen molar-refractivity contribution in [1.82, 2.24) is 20.1 Å². The predicted molar refractivity (Wildman–Crippen MR) is 85.6 cm³/mol. The van der Waals surface area contributed by atoms with Crippen LogP contribution in [0.4, 0.5) is 16.6 Å². The summed E-state index contributed by atoms with van der Waals surface area (Å²) in [7, 11) is 0. The van der Waals surface area contributed by atoms with Gasteiger partial charge in [-0.2, -0.15) is 9.97 Å². The number of nitrogens with one attached hydrogen (secondary N) is 1. The molecule has 1 saturated heterocycles. The lowest BCUT2D eigenvalue weighted by Gasteiger charge is -2.23. The van der Waals surface area contributed by atoms with E-state index in [1.54, 1.807) is 24.1 Å². The van der Waals surface area contributed by atoms with Crippen LogP contribution in [0, 0.1) is 12.8 Å². The Kier molecular flexibility index (Phi) is 4.32. The first-order valence-electron chi connectivity index (χ1n) is 7.81. The number of rotatable bonds is 5. The van der Waals surface area contributed by atoms with Crippen LogP contribution in [0.1, 0.15) is 38.5 Å². The lowest BCUT2D eigenvalue weighted by Crippen LogP contribution is -2.37. The zero-order chi connectivity index (χ0) is 17.3. The molecule has 3 heterocycles. The number of aromatic nitrogens is 4. The summed E-state index contributed by atoms with van der Waals surface area (Å²) in [6, 6.07) is 1.39. The van der Waals surface area contributed by atoms with Crippen molar-refractivity contribution in [2.24, 2.45) is 5.92 Å². The number of carbonyl (C=O) groups is 1. The average Bonchev–Trinajstić information content (AvgIpc) is 3.13. The van der Waals surface area contributed by atoms with E-state index in [0.717, 1.165) is 0 Å². The van der Waals surface area contributed by atoms with E-state index < -0.39 is 0 Å². The second-order valence-electron chi connectivity index (χ2n) is 6.04. The van der Waals surface area contributed by atoms with Gasteiger partial charge < -0.3 is 14.6 Å². The fourth-order valence-electron chi connectivity index (χ4n) is 2.49. The quantitative estimate of drug-likeness (QED) is 0.889. The molecule has 1 N–H and O–H groups in total. The van der Waals surface area contributed by atoms with Gasteiger partial charge in [-0.25, -0.2) is 9.78 Å². The fraction of sp³-hybridized carbons (Fsp3) is 0.533. The predicted octanol–water partition coefficient (Wildman–Crippen LogP) is 2.32. The molecule has 0 spiro atoms. The second kappa shape index (κ2) is 6.42. The van der Waals surface area contributed by atoms with Gasteiger partial charge in [-0.1, -0.05) is 19.0 Å². The molecule has 2 aromatic heterocycles. The van der Waals surface area contributed by atoms with Gasteiger partial charge in [0.15, 0.2) is 5.82 Å². The molecule has 3 rings (SSSR count). The Bertz CT molecular complexity index is 732. The van der Waals surface area contributed by atoms with Gasteiger partial charge in [0.2, 0.25) is 11.8 Å². The van der Waals surface area contributed by atoms with E-state index in [2.05, 4.69) is 25.4 Å².